The molecule has 0 aromatic heterocycles. The van der Waals surface area contributed by atoms with Gasteiger partial charge in [0.2, 0.25) is 0 Å². The van der Waals surface area contributed by atoms with Crippen LogP contribution in [0.25, 0.3) is 0 Å². The Labute approximate surface area is 90.9 Å². The molecule has 0 aliphatic carbocycles. The average Bonchev–Trinajstić information content (AvgIpc) is 2.57. The first-order valence-corrected chi connectivity index (χ1v) is 6.65. The summed E-state index contributed by atoms with van der Waals surface area (Å²) in [5.41, 5.74) is 0. The molecule has 2 saturated heterocycles. The van der Waals surface area contributed by atoms with Crippen molar-refractivity contribution in [3.8, 4) is 0 Å². The van der Waals surface area contributed by atoms with Gasteiger partial charge in [-0.2, -0.15) is 11.8 Å². The van der Waals surface area contributed by atoms with Crippen molar-refractivity contribution < 1.29 is 0 Å². The third kappa shape index (κ3) is 2.25. The minimum Gasteiger partial charge on any atom is -0.359 e. The third-order valence-corrected chi connectivity index (χ3v) is 4.82. The summed E-state index contributed by atoms with van der Waals surface area (Å²) >= 11 is 2.10. The Morgan fingerprint density at radius 1 is 1.43 bits per heavy atom. The van der Waals surface area contributed by atoms with Gasteiger partial charge in [0.25, 0.3) is 0 Å². The number of nitrogens with one attached hydrogen (secondary N) is 1. The van der Waals surface area contributed by atoms with Gasteiger partial charge in [-0.3, -0.25) is 5.41 Å². The lowest BCUT2D eigenvalue weighted by atomic mass is 10.0. The van der Waals surface area contributed by atoms with Crippen molar-refractivity contribution in [2.45, 2.75) is 43.8 Å². The molecule has 0 saturated carbocycles. The predicted octanol–water partition coefficient (Wildman–Crippen LogP) is 2.74. The Balaban J connectivity index is 1.91. The summed E-state index contributed by atoms with van der Waals surface area (Å²) in [4.78, 5) is 2.31. The van der Waals surface area contributed by atoms with Crippen LogP contribution in [-0.4, -0.2) is 34.3 Å². The molecule has 1 N–H and O–H groups in total. The van der Waals surface area contributed by atoms with Gasteiger partial charge in [0.15, 0.2) is 0 Å². The van der Waals surface area contributed by atoms with Crippen molar-refractivity contribution >= 4 is 17.6 Å². The number of hydrogen-bond acceptors (Lipinski definition) is 2. The van der Waals surface area contributed by atoms with Crippen LogP contribution < -0.4 is 0 Å². The molecule has 2 aliphatic heterocycles. The van der Waals surface area contributed by atoms with Crippen molar-refractivity contribution in [3.05, 3.63) is 0 Å². The van der Waals surface area contributed by atoms with Gasteiger partial charge in [0.1, 0.15) is 0 Å². The molecule has 2 fully saturated rings. The first kappa shape index (κ1) is 10.3. The lowest BCUT2D eigenvalue weighted by Crippen LogP contribution is -2.43. The van der Waals surface area contributed by atoms with E-state index in [9.17, 15) is 0 Å². The Hall–Kier alpha value is -0.180. The smallest absolute Gasteiger partial charge is 0.0958 e. The van der Waals surface area contributed by atoms with E-state index >= 15 is 0 Å². The van der Waals surface area contributed by atoms with Gasteiger partial charge in [0, 0.05) is 24.3 Å². The van der Waals surface area contributed by atoms with Gasteiger partial charge in [-0.25, -0.2) is 0 Å². The maximum absolute atomic E-state index is 7.91. The minimum absolute atomic E-state index is 0.434. The summed E-state index contributed by atoms with van der Waals surface area (Å²) in [6.45, 7) is 4.60. The van der Waals surface area contributed by atoms with Crippen molar-refractivity contribution in [2.24, 2.45) is 0 Å². The van der Waals surface area contributed by atoms with E-state index in [-0.39, 0.29) is 0 Å². The highest BCUT2D eigenvalue weighted by Gasteiger charge is 2.32. The second-order valence-electron chi connectivity index (χ2n) is 4.73. The molecule has 2 aliphatic rings. The molecule has 0 aromatic carbocycles. The summed E-state index contributed by atoms with van der Waals surface area (Å²) in [6.07, 6.45) is 6.20. The molecular formula is C11H20N2S. The van der Waals surface area contributed by atoms with Crippen molar-refractivity contribution in [3.63, 3.8) is 0 Å². The summed E-state index contributed by atoms with van der Waals surface area (Å²) in [7, 11) is 0. The van der Waals surface area contributed by atoms with E-state index in [0.29, 0.717) is 4.75 Å². The Morgan fingerprint density at radius 3 is 2.93 bits per heavy atom. The van der Waals surface area contributed by atoms with E-state index < -0.39 is 0 Å². The molecule has 3 heteroatoms. The normalized spacial score (nSPS) is 33.8. The molecule has 1 atom stereocenters. The minimum atomic E-state index is 0.434. The number of thioether (sulfide) groups is 1. The van der Waals surface area contributed by atoms with Crippen molar-refractivity contribution in [2.75, 3.05) is 18.8 Å². The predicted molar refractivity (Wildman–Crippen MR) is 63.2 cm³/mol. The maximum atomic E-state index is 7.91. The highest BCUT2D eigenvalue weighted by molar-refractivity contribution is 8.00. The molecule has 1 unspecified atom stereocenters. The fraction of sp³-hybridized carbons (Fsp3) is 0.909. The van der Waals surface area contributed by atoms with Gasteiger partial charge in [0.05, 0.1) is 5.84 Å². The van der Waals surface area contributed by atoms with Crippen LogP contribution in [0.1, 0.15) is 39.0 Å². The molecular weight excluding hydrogens is 192 g/mol. The van der Waals surface area contributed by atoms with Crippen LogP contribution in [0, 0.1) is 5.41 Å². The second kappa shape index (κ2) is 4.13. The van der Waals surface area contributed by atoms with Crippen LogP contribution in [0.2, 0.25) is 0 Å². The van der Waals surface area contributed by atoms with Gasteiger partial charge >= 0.3 is 0 Å². The van der Waals surface area contributed by atoms with Crippen LogP contribution in [0.3, 0.4) is 0 Å². The number of amidine groups is 1. The van der Waals surface area contributed by atoms with Crippen molar-refractivity contribution in [1.29, 1.82) is 5.41 Å². The summed E-state index contributed by atoms with van der Waals surface area (Å²) in [5.74, 6) is 2.20. The zero-order chi connectivity index (χ0) is 10.0. The number of likely N-dealkylation sites (tertiary alicyclic amines) is 1. The number of nitrogens with zero attached hydrogens (tertiary/aromatic N) is 1. The number of hydrogen-bond donors (Lipinski definition) is 1. The summed E-state index contributed by atoms with van der Waals surface area (Å²) in [5, 5.41) is 7.91. The average molecular weight is 212 g/mol. The van der Waals surface area contributed by atoms with E-state index in [4.69, 9.17) is 5.41 Å². The number of piperidine rings is 1. The fourth-order valence-electron chi connectivity index (χ4n) is 2.43. The van der Waals surface area contributed by atoms with Crippen LogP contribution in [0.4, 0.5) is 0 Å². The zero-order valence-electron chi connectivity index (χ0n) is 9.01. The van der Waals surface area contributed by atoms with Crippen LogP contribution >= 0.6 is 11.8 Å². The quantitative estimate of drug-likeness (QED) is 0.762. The summed E-state index contributed by atoms with van der Waals surface area (Å²) in [6, 6.07) is 0. The zero-order valence-corrected chi connectivity index (χ0v) is 9.83. The standard InChI is InChI=1S/C11H20N2S/c1-11(6-4-8-14-11)9-13-7-3-2-5-10(13)12/h12H,2-9H2,1H3. The van der Waals surface area contributed by atoms with E-state index in [2.05, 4.69) is 23.6 Å². The Kier molecular flexibility index (Phi) is 3.05. The molecule has 14 heavy (non-hydrogen) atoms. The molecule has 0 amide bonds. The molecule has 0 aromatic rings. The fourth-order valence-corrected chi connectivity index (χ4v) is 3.75. The van der Waals surface area contributed by atoms with E-state index in [1.165, 1.54) is 31.4 Å². The monoisotopic (exact) mass is 212 g/mol. The molecule has 2 rings (SSSR count). The van der Waals surface area contributed by atoms with E-state index in [1.807, 2.05) is 0 Å². The second-order valence-corrected chi connectivity index (χ2v) is 6.41. The SMILES string of the molecule is CC1(CN2CCCCC2=N)CCCS1. The van der Waals surface area contributed by atoms with Gasteiger partial charge in [-0.05, 0) is 38.4 Å². The van der Waals surface area contributed by atoms with E-state index in [0.717, 1.165) is 25.3 Å². The topological polar surface area (TPSA) is 27.1 Å². The highest BCUT2D eigenvalue weighted by atomic mass is 32.2. The lowest BCUT2D eigenvalue weighted by molar-refractivity contribution is 0.331. The third-order valence-electron chi connectivity index (χ3n) is 3.30. The Bertz CT molecular complexity index is 221. The van der Waals surface area contributed by atoms with Gasteiger partial charge < -0.3 is 4.90 Å². The lowest BCUT2D eigenvalue weighted by Gasteiger charge is -2.36. The first-order chi connectivity index (χ1) is 6.70. The van der Waals surface area contributed by atoms with E-state index in [1.54, 1.807) is 0 Å². The van der Waals surface area contributed by atoms with Gasteiger partial charge in [-0.1, -0.05) is 0 Å². The molecule has 0 spiro atoms. The number of rotatable bonds is 2. The largest absolute Gasteiger partial charge is 0.359 e. The summed E-state index contributed by atoms with van der Waals surface area (Å²) < 4.78 is 0.434. The molecule has 0 radical (unpaired) electrons. The van der Waals surface area contributed by atoms with Crippen LogP contribution in [0.5, 0.6) is 0 Å². The molecule has 2 nitrogen and oxygen atoms in total. The molecule has 80 valence electrons. The highest BCUT2D eigenvalue weighted by Crippen LogP contribution is 2.38. The Morgan fingerprint density at radius 2 is 2.29 bits per heavy atom. The van der Waals surface area contributed by atoms with Crippen LogP contribution in [0.15, 0.2) is 0 Å². The molecule has 0 bridgehead atoms. The van der Waals surface area contributed by atoms with Crippen LogP contribution in [-0.2, 0) is 0 Å². The van der Waals surface area contributed by atoms with Crippen molar-refractivity contribution in [1.82, 2.24) is 4.90 Å². The first-order valence-electron chi connectivity index (χ1n) is 5.66. The maximum Gasteiger partial charge on any atom is 0.0958 e. The van der Waals surface area contributed by atoms with Gasteiger partial charge in [-0.15, -0.1) is 0 Å². The molecule has 2 heterocycles.